The molecule has 1 aromatic rings. The lowest BCUT2D eigenvalue weighted by Crippen LogP contribution is -2.63. The Morgan fingerprint density at radius 1 is 0.840 bits per heavy atom. The summed E-state index contributed by atoms with van der Waals surface area (Å²) in [5, 5.41) is 4.22. The number of halogens is 9. The number of rotatable bonds is 5. The van der Waals surface area contributed by atoms with Crippen LogP contribution in [0.15, 0.2) is 34.9 Å². The van der Waals surface area contributed by atoms with Crippen LogP contribution in [0.5, 0.6) is 0 Å². The van der Waals surface area contributed by atoms with E-state index >= 15 is 0 Å². The second-order valence-corrected chi connectivity index (χ2v) is 5.95. The van der Waals surface area contributed by atoms with E-state index in [9.17, 15) is 53.1 Å². The SMILES string of the molecule is O=S(=O)(/N=[N+](\[O-])c1ccccc1)C(F)(F)C(F)(F)C(F)(F)C(F)(F)F. The molecular weight excluding hydrogens is 399 g/mol. The van der Waals surface area contributed by atoms with Gasteiger partial charge >= 0.3 is 33.3 Å². The predicted molar refractivity (Wildman–Crippen MR) is 62.0 cm³/mol. The van der Waals surface area contributed by atoms with E-state index in [1.54, 1.807) is 4.52 Å². The summed E-state index contributed by atoms with van der Waals surface area (Å²) in [6, 6.07) is 4.93. The number of hydrogen-bond acceptors (Lipinski definition) is 3. The highest BCUT2D eigenvalue weighted by molar-refractivity contribution is 7.91. The Morgan fingerprint density at radius 3 is 1.68 bits per heavy atom. The number of nitrogens with zero attached hydrogens (tertiary/aromatic N) is 2. The Bertz CT molecular complexity index is 760. The summed E-state index contributed by atoms with van der Waals surface area (Å²) in [7, 11) is -7.13. The molecule has 0 aliphatic heterocycles. The quantitative estimate of drug-likeness (QED) is 0.322. The van der Waals surface area contributed by atoms with Crippen LogP contribution in [0.25, 0.3) is 0 Å². The largest absolute Gasteiger partial charge is 0.593 e. The molecule has 0 radical (unpaired) electrons. The second kappa shape index (κ2) is 6.03. The number of alkyl halides is 9. The van der Waals surface area contributed by atoms with Crippen LogP contribution >= 0.6 is 0 Å². The highest BCUT2D eigenvalue weighted by Crippen LogP contribution is 2.55. The Kier molecular flexibility index (Phi) is 5.06. The average Bonchev–Trinajstić information content (AvgIpc) is 2.45. The fourth-order valence-electron chi connectivity index (χ4n) is 1.27. The van der Waals surface area contributed by atoms with Gasteiger partial charge in [-0.1, -0.05) is 18.2 Å². The van der Waals surface area contributed by atoms with Crippen molar-refractivity contribution in [3.8, 4) is 0 Å². The maximum atomic E-state index is 13.3. The van der Waals surface area contributed by atoms with Gasteiger partial charge in [0.2, 0.25) is 5.69 Å². The molecule has 0 fully saturated rings. The lowest BCUT2D eigenvalue weighted by molar-refractivity contribution is -0.431. The first-order chi connectivity index (χ1) is 11.0. The predicted octanol–water partition coefficient (Wildman–Crippen LogP) is 4.04. The summed E-state index contributed by atoms with van der Waals surface area (Å²) in [4.78, 5) is -1.15. The second-order valence-electron chi connectivity index (χ2n) is 4.33. The van der Waals surface area contributed by atoms with E-state index < -0.39 is 43.8 Å². The van der Waals surface area contributed by atoms with E-state index in [4.69, 9.17) is 0 Å². The maximum Gasteiger partial charge on any atom is 0.460 e. The standard InChI is InChI=1S/C10H5F9N2O3S/c11-7(12,9(15,16)17)8(13,14)10(18,19)25(23,24)20-21(22)6-4-2-1-3-5-6/h1-5H/b21-20-. The summed E-state index contributed by atoms with van der Waals surface area (Å²) < 4.78 is 138. The summed E-state index contributed by atoms with van der Waals surface area (Å²) >= 11 is 0. The topological polar surface area (TPSA) is 72.6 Å². The van der Waals surface area contributed by atoms with Crippen molar-refractivity contribution in [1.29, 1.82) is 0 Å². The van der Waals surface area contributed by atoms with Crippen LogP contribution in [-0.2, 0) is 10.0 Å². The zero-order valence-corrected chi connectivity index (χ0v) is 12.1. The smallest absolute Gasteiger partial charge is 0.460 e. The molecule has 0 spiro atoms. The maximum absolute atomic E-state index is 13.3. The molecule has 0 N–H and O–H groups in total. The third kappa shape index (κ3) is 3.36. The van der Waals surface area contributed by atoms with Crippen LogP contribution in [0.1, 0.15) is 0 Å². The van der Waals surface area contributed by atoms with Crippen molar-refractivity contribution in [2.45, 2.75) is 23.3 Å². The zero-order chi connectivity index (χ0) is 19.9. The van der Waals surface area contributed by atoms with Gasteiger partial charge in [0.15, 0.2) is 0 Å². The molecule has 0 saturated heterocycles. The van der Waals surface area contributed by atoms with Crippen molar-refractivity contribution in [2.75, 3.05) is 0 Å². The normalized spacial score (nSPS) is 15.3. The summed E-state index contributed by atoms with van der Waals surface area (Å²) in [6.07, 6.45) is -7.20. The first-order valence-corrected chi connectivity index (χ1v) is 7.13. The van der Waals surface area contributed by atoms with Gasteiger partial charge in [0.25, 0.3) is 0 Å². The molecule has 0 bridgehead atoms. The molecule has 5 nitrogen and oxygen atoms in total. The monoisotopic (exact) mass is 404 g/mol. The number of hydrogen-bond donors (Lipinski definition) is 0. The highest BCUT2D eigenvalue weighted by atomic mass is 32.2. The lowest BCUT2D eigenvalue weighted by atomic mass is 10.1. The molecule has 0 aliphatic carbocycles. The van der Waals surface area contributed by atoms with Crippen LogP contribution in [0, 0.1) is 5.21 Å². The van der Waals surface area contributed by atoms with Crippen molar-refractivity contribution in [3.05, 3.63) is 35.5 Å². The molecule has 0 heterocycles. The van der Waals surface area contributed by atoms with Gasteiger partial charge < -0.3 is 5.21 Å². The summed E-state index contributed by atoms with van der Waals surface area (Å²) in [5.41, 5.74) is -0.798. The number of sulfonamides is 1. The van der Waals surface area contributed by atoms with Crippen molar-refractivity contribution in [3.63, 3.8) is 0 Å². The molecule has 25 heavy (non-hydrogen) atoms. The van der Waals surface area contributed by atoms with Gasteiger partial charge in [0.05, 0.1) is 0 Å². The van der Waals surface area contributed by atoms with Gasteiger partial charge in [0.1, 0.15) is 4.52 Å². The van der Waals surface area contributed by atoms with E-state index in [-0.39, 0.29) is 0 Å². The van der Waals surface area contributed by atoms with Gasteiger partial charge in [-0.25, -0.2) is 0 Å². The van der Waals surface area contributed by atoms with Gasteiger partial charge in [0, 0.05) is 12.1 Å². The van der Waals surface area contributed by atoms with Crippen molar-refractivity contribution in [1.82, 2.24) is 0 Å². The van der Waals surface area contributed by atoms with Gasteiger partial charge in [-0.2, -0.15) is 47.9 Å². The van der Waals surface area contributed by atoms with Crippen LogP contribution in [0.3, 0.4) is 0 Å². The molecule has 0 aromatic heterocycles. The molecule has 142 valence electrons. The third-order valence-corrected chi connectivity index (χ3v) is 3.87. The zero-order valence-electron chi connectivity index (χ0n) is 11.3. The van der Waals surface area contributed by atoms with E-state index in [0.29, 0.717) is 0 Å². The minimum absolute atomic E-state index is 0.770. The molecule has 0 amide bonds. The molecule has 0 atom stereocenters. The summed E-state index contributed by atoms with van der Waals surface area (Å²) in [6.45, 7) is 0. The minimum Gasteiger partial charge on any atom is -0.593 e. The minimum atomic E-state index is -7.45. The Hall–Kier alpha value is -2.06. The Balaban J connectivity index is 3.45. The van der Waals surface area contributed by atoms with Gasteiger partial charge in [-0.15, -0.1) is 0 Å². The first-order valence-electron chi connectivity index (χ1n) is 5.69. The molecule has 0 aliphatic rings. The number of para-hydroxylation sites is 1. The van der Waals surface area contributed by atoms with Crippen molar-refractivity contribution < 1.29 is 52.8 Å². The van der Waals surface area contributed by atoms with E-state index in [0.717, 1.165) is 24.3 Å². The molecule has 1 aromatic carbocycles. The van der Waals surface area contributed by atoms with Crippen LogP contribution < -0.4 is 0 Å². The highest BCUT2D eigenvalue weighted by Gasteiger charge is 2.86. The van der Waals surface area contributed by atoms with E-state index in [1.165, 1.54) is 6.07 Å². The molecule has 1 rings (SSSR count). The summed E-state index contributed by atoms with van der Waals surface area (Å²) in [5.74, 6) is -14.9. The van der Waals surface area contributed by atoms with Gasteiger partial charge in [-0.3, -0.25) is 0 Å². The lowest BCUT2D eigenvalue weighted by Gasteiger charge is -2.31. The van der Waals surface area contributed by atoms with Crippen LogP contribution in [0.2, 0.25) is 0 Å². The molecule has 15 heteroatoms. The Labute approximate surface area is 133 Å². The molecule has 0 saturated carbocycles. The van der Waals surface area contributed by atoms with E-state index in [1.807, 2.05) is 0 Å². The van der Waals surface area contributed by atoms with Crippen molar-refractivity contribution >= 4 is 15.7 Å². The first kappa shape index (κ1) is 21.0. The Morgan fingerprint density at radius 2 is 1.28 bits per heavy atom. The molecular formula is C10H5F9N2O3S. The average molecular weight is 404 g/mol. The molecule has 0 unspecified atom stereocenters. The fraction of sp³-hybridized carbons (Fsp3) is 0.400. The van der Waals surface area contributed by atoms with Crippen LogP contribution in [0.4, 0.5) is 45.2 Å². The van der Waals surface area contributed by atoms with Gasteiger partial charge in [-0.05, 0) is 4.86 Å². The number of benzene rings is 1. The van der Waals surface area contributed by atoms with E-state index in [2.05, 4.69) is 0 Å². The third-order valence-electron chi connectivity index (χ3n) is 2.60. The van der Waals surface area contributed by atoms with Crippen molar-refractivity contribution in [2.24, 2.45) is 4.52 Å². The fourth-order valence-corrected chi connectivity index (χ4v) is 2.12. The van der Waals surface area contributed by atoms with Crippen LogP contribution in [-0.4, -0.2) is 36.6 Å².